The van der Waals surface area contributed by atoms with E-state index in [0.717, 1.165) is 12.1 Å². The molecule has 17 heavy (non-hydrogen) atoms. The Balaban J connectivity index is 2.95. The fourth-order valence-electron chi connectivity index (χ4n) is 1.50. The summed E-state index contributed by atoms with van der Waals surface area (Å²) in [5, 5.41) is 3.01. The zero-order valence-corrected chi connectivity index (χ0v) is 11.6. The molecule has 6 heteroatoms. The summed E-state index contributed by atoms with van der Waals surface area (Å²) in [5.41, 5.74) is 0.942. The third kappa shape index (κ3) is 3.55. The molecular formula is C11H21N3O2S. The van der Waals surface area contributed by atoms with E-state index in [4.69, 9.17) is 0 Å². The minimum Gasteiger partial charge on any atom is -0.352 e. The molecule has 5 nitrogen and oxygen atoms in total. The first-order chi connectivity index (χ1) is 7.90. The molecule has 1 atom stereocenters. The number of hydrogen-bond acceptors (Lipinski definition) is 3. The highest BCUT2D eigenvalue weighted by Gasteiger charge is 2.19. The Labute approximate surface area is 103 Å². The van der Waals surface area contributed by atoms with Gasteiger partial charge in [0.05, 0.1) is 4.90 Å². The lowest BCUT2D eigenvalue weighted by atomic mass is 10.3. The maximum absolute atomic E-state index is 12.0. The van der Waals surface area contributed by atoms with Gasteiger partial charge in [-0.25, -0.2) is 13.1 Å². The predicted octanol–water partition coefficient (Wildman–Crippen LogP) is 0.821. The SMILES string of the molecule is CCC(C)NS(=O)(=O)c1cc(CNC)n(C)c1. The van der Waals surface area contributed by atoms with E-state index in [1.165, 1.54) is 0 Å². The number of aromatic nitrogens is 1. The molecule has 2 N–H and O–H groups in total. The van der Waals surface area contributed by atoms with Gasteiger partial charge in [0, 0.05) is 31.5 Å². The highest BCUT2D eigenvalue weighted by atomic mass is 32.2. The van der Waals surface area contributed by atoms with Gasteiger partial charge in [0.15, 0.2) is 0 Å². The van der Waals surface area contributed by atoms with Crippen LogP contribution in [0.15, 0.2) is 17.2 Å². The lowest BCUT2D eigenvalue weighted by molar-refractivity contribution is 0.555. The fraction of sp³-hybridized carbons (Fsp3) is 0.636. The monoisotopic (exact) mass is 259 g/mol. The van der Waals surface area contributed by atoms with Crippen LogP contribution in [0.4, 0.5) is 0 Å². The van der Waals surface area contributed by atoms with E-state index in [1.54, 1.807) is 12.3 Å². The summed E-state index contributed by atoms with van der Waals surface area (Å²) in [6.45, 7) is 4.45. The van der Waals surface area contributed by atoms with Gasteiger partial charge in [0.25, 0.3) is 0 Å². The standard InChI is InChI=1S/C11H21N3O2S/c1-5-9(2)13-17(15,16)11-6-10(7-12-3)14(4)8-11/h6,8-9,12-13H,5,7H2,1-4H3. The molecule has 1 aromatic rings. The van der Waals surface area contributed by atoms with Crippen LogP contribution in [0.1, 0.15) is 26.0 Å². The molecule has 1 unspecified atom stereocenters. The van der Waals surface area contributed by atoms with Gasteiger partial charge < -0.3 is 9.88 Å². The van der Waals surface area contributed by atoms with Gasteiger partial charge in [-0.05, 0) is 26.5 Å². The molecule has 1 aromatic heterocycles. The summed E-state index contributed by atoms with van der Waals surface area (Å²) in [4.78, 5) is 0.325. The van der Waals surface area contributed by atoms with Crippen LogP contribution in [-0.4, -0.2) is 26.1 Å². The van der Waals surface area contributed by atoms with Crippen LogP contribution < -0.4 is 10.0 Å². The van der Waals surface area contributed by atoms with Crippen molar-refractivity contribution >= 4 is 10.0 Å². The first-order valence-electron chi connectivity index (χ1n) is 5.73. The zero-order valence-electron chi connectivity index (χ0n) is 10.8. The Bertz CT molecular complexity index is 465. The van der Waals surface area contributed by atoms with Crippen molar-refractivity contribution in [3.63, 3.8) is 0 Å². The van der Waals surface area contributed by atoms with E-state index >= 15 is 0 Å². The second-order valence-corrected chi connectivity index (χ2v) is 5.95. The molecule has 0 saturated carbocycles. The van der Waals surface area contributed by atoms with Gasteiger partial charge in [-0.2, -0.15) is 0 Å². The molecule has 0 aliphatic heterocycles. The molecule has 0 saturated heterocycles. The molecular weight excluding hydrogens is 238 g/mol. The number of sulfonamides is 1. The van der Waals surface area contributed by atoms with E-state index in [0.29, 0.717) is 11.4 Å². The largest absolute Gasteiger partial charge is 0.352 e. The van der Waals surface area contributed by atoms with Crippen LogP contribution in [-0.2, 0) is 23.6 Å². The van der Waals surface area contributed by atoms with Gasteiger partial charge >= 0.3 is 0 Å². The normalized spacial score (nSPS) is 13.9. The van der Waals surface area contributed by atoms with Crippen molar-refractivity contribution in [1.82, 2.24) is 14.6 Å². The highest BCUT2D eigenvalue weighted by Crippen LogP contribution is 2.14. The summed E-state index contributed by atoms with van der Waals surface area (Å²) in [6.07, 6.45) is 2.41. The third-order valence-corrected chi connectivity index (χ3v) is 4.28. The molecule has 0 amide bonds. The van der Waals surface area contributed by atoms with Crippen molar-refractivity contribution in [2.45, 2.75) is 37.8 Å². The maximum Gasteiger partial charge on any atom is 0.242 e. The molecule has 1 heterocycles. The van der Waals surface area contributed by atoms with Crippen LogP contribution in [0.5, 0.6) is 0 Å². The van der Waals surface area contributed by atoms with Gasteiger partial charge in [-0.3, -0.25) is 0 Å². The second kappa shape index (κ2) is 5.66. The van der Waals surface area contributed by atoms with Crippen molar-refractivity contribution in [3.8, 4) is 0 Å². The first-order valence-corrected chi connectivity index (χ1v) is 7.21. The lowest BCUT2D eigenvalue weighted by Crippen LogP contribution is -2.31. The maximum atomic E-state index is 12.0. The van der Waals surface area contributed by atoms with E-state index in [9.17, 15) is 8.42 Å². The average molecular weight is 259 g/mol. The van der Waals surface area contributed by atoms with E-state index in [2.05, 4.69) is 10.0 Å². The Kier molecular flexibility index (Phi) is 4.73. The van der Waals surface area contributed by atoms with Crippen LogP contribution >= 0.6 is 0 Å². The number of nitrogens with one attached hydrogen (secondary N) is 2. The molecule has 0 aromatic carbocycles. The number of nitrogens with zero attached hydrogens (tertiary/aromatic N) is 1. The van der Waals surface area contributed by atoms with Crippen LogP contribution in [0.3, 0.4) is 0 Å². The highest BCUT2D eigenvalue weighted by molar-refractivity contribution is 7.89. The Morgan fingerprint density at radius 1 is 1.47 bits per heavy atom. The summed E-state index contributed by atoms with van der Waals surface area (Å²) in [7, 11) is 0.284. The summed E-state index contributed by atoms with van der Waals surface area (Å²) in [5.74, 6) is 0. The Morgan fingerprint density at radius 3 is 2.65 bits per heavy atom. The lowest BCUT2D eigenvalue weighted by Gasteiger charge is -2.10. The quantitative estimate of drug-likeness (QED) is 0.795. The van der Waals surface area contributed by atoms with E-state index in [1.807, 2.05) is 32.5 Å². The van der Waals surface area contributed by atoms with Crippen LogP contribution in [0, 0.1) is 0 Å². The molecule has 0 aliphatic carbocycles. The summed E-state index contributed by atoms with van der Waals surface area (Å²) < 4.78 is 28.5. The zero-order chi connectivity index (χ0) is 13.1. The minimum atomic E-state index is -3.39. The molecule has 98 valence electrons. The van der Waals surface area contributed by atoms with Crippen molar-refractivity contribution in [2.75, 3.05) is 7.05 Å². The van der Waals surface area contributed by atoms with Gasteiger partial charge in [0.1, 0.15) is 0 Å². The number of rotatable bonds is 6. The van der Waals surface area contributed by atoms with Gasteiger partial charge in [-0.1, -0.05) is 6.92 Å². The van der Waals surface area contributed by atoms with Crippen molar-refractivity contribution < 1.29 is 8.42 Å². The van der Waals surface area contributed by atoms with E-state index < -0.39 is 10.0 Å². The van der Waals surface area contributed by atoms with Crippen molar-refractivity contribution in [3.05, 3.63) is 18.0 Å². The first kappa shape index (κ1) is 14.2. The van der Waals surface area contributed by atoms with Crippen LogP contribution in [0.2, 0.25) is 0 Å². The van der Waals surface area contributed by atoms with E-state index in [-0.39, 0.29) is 6.04 Å². The molecule has 0 aliphatic rings. The molecule has 1 rings (SSSR count). The minimum absolute atomic E-state index is 0.0482. The summed E-state index contributed by atoms with van der Waals surface area (Å²) in [6, 6.07) is 1.65. The van der Waals surface area contributed by atoms with Crippen molar-refractivity contribution in [2.24, 2.45) is 7.05 Å². The second-order valence-electron chi connectivity index (χ2n) is 4.24. The topological polar surface area (TPSA) is 63.1 Å². The summed E-state index contributed by atoms with van der Waals surface area (Å²) >= 11 is 0. The van der Waals surface area contributed by atoms with Crippen molar-refractivity contribution in [1.29, 1.82) is 0 Å². The molecule has 0 radical (unpaired) electrons. The molecule has 0 spiro atoms. The fourth-order valence-corrected chi connectivity index (χ4v) is 2.92. The van der Waals surface area contributed by atoms with Crippen LogP contribution in [0.25, 0.3) is 0 Å². The Hall–Kier alpha value is -0.850. The third-order valence-electron chi connectivity index (χ3n) is 2.72. The van der Waals surface area contributed by atoms with Gasteiger partial charge in [0.2, 0.25) is 10.0 Å². The smallest absolute Gasteiger partial charge is 0.242 e. The number of aryl methyl sites for hydroxylation is 1. The van der Waals surface area contributed by atoms with Gasteiger partial charge in [-0.15, -0.1) is 0 Å². The average Bonchev–Trinajstić information content (AvgIpc) is 2.61. The molecule has 0 fully saturated rings. The Morgan fingerprint density at radius 2 is 2.12 bits per heavy atom. The number of hydrogen-bond donors (Lipinski definition) is 2. The molecule has 0 bridgehead atoms. The predicted molar refractivity (Wildman–Crippen MR) is 68.3 cm³/mol.